The van der Waals surface area contributed by atoms with Gasteiger partial charge in [-0.25, -0.2) is 8.42 Å². The van der Waals surface area contributed by atoms with Crippen molar-refractivity contribution in [2.45, 2.75) is 23.5 Å². The maximum atomic E-state index is 12.5. The average molecular weight is 355 g/mol. The molecule has 0 aliphatic rings. The Morgan fingerprint density at radius 2 is 1.64 bits per heavy atom. The zero-order valence-electron chi connectivity index (χ0n) is 13.6. The fourth-order valence-corrected chi connectivity index (χ4v) is 3.46. The average Bonchev–Trinajstić information content (AvgIpc) is 3.12. The van der Waals surface area contributed by atoms with E-state index in [1.54, 1.807) is 12.1 Å². The van der Waals surface area contributed by atoms with Gasteiger partial charge in [-0.2, -0.15) is 0 Å². The molecule has 0 atom stereocenters. The SMILES string of the molecule is Cc1ccc(S(=O)(=O)c2ccc(C(=O)NCc3ccccc3)o2)cc1. The Morgan fingerprint density at radius 1 is 0.960 bits per heavy atom. The Bertz CT molecular complexity index is 974. The molecule has 25 heavy (non-hydrogen) atoms. The van der Waals surface area contributed by atoms with Gasteiger partial charge < -0.3 is 9.73 Å². The number of furan rings is 1. The second-order valence-corrected chi connectivity index (χ2v) is 7.48. The second kappa shape index (κ2) is 6.94. The molecule has 0 aliphatic carbocycles. The first-order valence-corrected chi connectivity index (χ1v) is 9.19. The lowest BCUT2D eigenvalue weighted by Crippen LogP contribution is -2.22. The maximum absolute atomic E-state index is 12.5. The molecule has 128 valence electrons. The van der Waals surface area contributed by atoms with E-state index in [1.807, 2.05) is 37.3 Å². The minimum absolute atomic E-state index is 0.0402. The lowest BCUT2D eigenvalue weighted by atomic mass is 10.2. The molecule has 1 N–H and O–H groups in total. The molecule has 3 aromatic rings. The first-order chi connectivity index (χ1) is 12.0. The summed E-state index contributed by atoms with van der Waals surface area (Å²) in [5.74, 6) is -0.504. The standard InChI is InChI=1S/C19H17NO4S/c1-14-7-9-16(10-8-14)25(22,23)18-12-11-17(24-18)19(21)20-13-15-5-3-2-4-6-15/h2-12H,13H2,1H3,(H,20,21). The van der Waals surface area contributed by atoms with E-state index >= 15 is 0 Å². The van der Waals surface area contributed by atoms with Crippen molar-refractivity contribution in [2.24, 2.45) is 0 Å². The molecule has 0 spiro atoms. The topological polar surface area (TPSA) is 76.4 Å². The molecule has 1 aromatic heterocycles. The van der Waals surface area contributed by atoms with Crippen LogP contribution >= 0.6 is 0 Å². The predicted octanol–water partition coefficient (Wildman–Crippen LogP) is 3.35. The number of hydrogen-bond donors (Lipinski definition) is 1. The fourth-order valence-electron chi connectivity index (χ4n) is 2.29. The summed E-state index contributed by atoms with van der Waals surface area (Å²) in [4.78, 5) is 12.3. The minimum Gasteiger partial charge on any atom is -0.439 e. The van der Waals surface area contributed by atoms with Crippen LogP contribution in [0.5, 0.6) is 0 Å². The molecule has 1 amide bonds. The van der Waals surface area contributed by atoms with Crippen LogP contribution in [0.4, 0.5) is 0 Å². The van der Waals surface area contributed by atoms with Crippen LogP contribution < -0.4 is 5.32 Å². The number of hydrogen-bond acceptors (Lipinski definition) is 4. The van der Waals surface area contributed by atoms with Crippen LogP contribution in [-0.2, 0) is 16.4 Å². The molecule has 0 saturated heterocycles. The Labute approximate surface area is 146 Å². The second-order valence-electron chi connectivity index (χ2n) is 5.60. The summed E-state index contributed by atoms with van der Waals surface area (Å²) >= 11 is 0. The van der Waals surface area contributed by atoms with E-state index in [0.29, 0.717) is 6.54 Å². The number of carbonyl (C=O) groups excluding carboxylic acids is 1. The van der Waals surface area contributed by atoms with Crippen molar-refractivity contribution in [1.82, 2.24) is 5.32 Å². The summed E-state index contributed by atoms with van der Waals surface area (Å²) in [6.07, 6.45) is 0. The molecule has 6 heteroatoms. The van der Waals surface area contributed by atoms with Crippen molar-refractivity contribution < 1.29 is 17.6 Å². The Hall–Kier alpha value is -2.86. The molecule has 1 heterocycles. The Morgan fingerprint density at radius 3 is 2.32 bits per heavy atom. The largest absolute Gasteiger partial charge is 0.439 e. The van der Waals surface area contributed by atoms with Crippen molar-refractivity contribution in [3.63, 3.8) is 0 Å². The molecule has 0 aliphatic heterocycles. The first-order valence-electron chi connectivity index (χ1n) is 7.70. The van der Waals surface area contributed by atoms with Gasteiger partial charge in [-0.15, -0.1) is 0 Å². The van der Waals surface area contributed by atoms with Gasteiger partial charge in [-0.3, -0.25) is 4.79 Å². The van der Waals surface area contributed by atoms with Crippen LogP contribution in [0.3, 0.4) is 0 Å². The van der Waals surface area contributed by atoms with E-state index in [4.69, 9.17) is 4.42 Å². The van der Waals surface area contributed by atoms with Gasteiger partial charge in [0.15, 0.2) is 5.76 Å². The van der Waals surface area contributed by atoms with E-state index in [1.165, 1.54) is 24.3 Å². The third-order valence-electron chi connectivity index (χ3n) is 3.70. The summed E-state index contributed by atoms with van der Waals surface area (Å²) in [6.45, 7) is 2.21. The number of carbonyl (C=O) groups is 1. The summed E-state index contributed by atoms with van der Waals surface area (Å²) in [5.41, 5.74) is 1.90. The van der Waals surface area contributed by atoms with Gasteiger partial charge >= 0.3 is 0 Å². The maximum Gasteiger partial charge on any atom is 0.287 e. The van der Waals surface area contributed by atoms with Gasteiger partial charge in [0.25, 0.3) is 5.91 Å². The molecule has 3 rings (SSSR count). The van der Waals surface area contributed by atoms with E-state index in [9.17, 15) is 13.2 Å². The van der Waals surface area contributed by atoms with Crippen molar-refractivity contribution in [3.05, 3.63) is 83.6 Å². The molecule has 0 unspecified atom stereocenters. The van der Waals surface area contributed by atoms with Crippen molar-refractivity contribution in [2.75, 3.05) is 0 Å². The van der Waals surface area contributed by atoms with Crippen LogP contribution in [0.15, 0.2) is 81.1 Å². The highest BCUT2D eigenvalue weighted by Gasteiger charge is 2.23. The number of nitrogens with one attached hydrogen (secondary N) is 1. The van der Waals surface area contributed by atoms with Gasteiger partial charge in [0.1, 0.15) is 0 Å². The zero-order chi connectivity index (χ0) is 17.9. The van der Waals surface area contributed by atoms with E-state index in [-0.39, 0.29) is 15.7 Å². The van der Waals surface area contributed by atoms with Crippen LogP contribution in [-0.4, -0.2) is 14.3 Å². The number of aryl methyl sites for hydroxylation is 1. The number of rotatable bonds is 5. The molecule has 2 aromatic carbocycles. The third kappa shape index (κ3) is 3.80. The molecular formula is C19H17NO4S. The quantitative estimate of drug-likeness (QED) is 0.761. The van der Waals surface area contributed by atoms with Gasteiger partial charge in [0, 0.05) is 6.54 Å². The highest BCUT2D eigenvalue weighted by Crippen LogP contribution is 2.23. The van der Waals surface area contributed by atoms with Gasteiger partial charge in [-0.05, 0) is 36.8 Å². The molecular weight excluding hydrogens is 338 g/mol. The van der Waals surface area contributed by atoms with Gasteiger partial charge in [-0.1, -0.05) is 48.0 Å². The monoisotopic (exact) mass is 355 g/mol. The van der Waals surface area contributed by atoms with Crippen molar-refractivity contribution >= 4 is 15.7 Å². The van der Waals surface area contributed by atoms with Gasteiger partial charge in [0.2, 0.25) is 14.9 Å². The van der Waals surface area contributed by atoms with Crippen LogP contribution in [0.2, 0.25) is 0 Å². The molecule has 5 nitrogen and oxygen atoms in total. The van der Waals surface area contributed by atoms with E-state index < -0.39 is 15.7 Å². The highest BCUT2D eigenvalue weighted by molar-refractivity contribution is 7.91. The Kier molecular flexibility index (Phi) is 4.72. The smallest absolute Gasteiger partial charge is 0.287 e. The summed E-state index contributed by atoms with van der Waals surface area (Å²) < 4.78 is 30.4. The molecule has 0 fully saturated rings. The zero-order valence-corrected chi connectivity index (χ0v) is 14.4. The third-order valence-corrected chi connectivity index (χ3v) is 5.34. The van der Waals surface area contributed by atoms with Crippen LogP contribution in [0.1, 0.15) is 21.7 Å². The summed E-state index contributed by atoms with van der Waals surface area (Å²) in [7, 11) is -3.78. The Balaban J connectivity index is 1.75. The lowest BCUT2D eigenvalue weighted by molar-refractivity contribution is 0.0918. The number of benzene rings is 2. The highest BCUT2D eigenvalue weighted by atomic mass is 32.2. The van der Waals surface area contributed by atoms with E-state index in [0.717, 1.165) is 11.1 Å². The van der Waals surface area contributed by atoms with Gasteiger partial charge in [0.05, 0.1) is 4.90 Å². The number of sulfone groups is 1. The first kappa shape index (κ1) is 17.0. The summed E-state index contributed by atoms with van der Waals surface area (Å²) in [6, 6.07) is 18.5. The summed E-state index contributed by atoms with van der Waals surface area (Å²) in [5, 5.41) is 2.45. The fraction of sp³-hybridized carbons (Fsp3) is 0.105. The van der Waals surface area contributed by atoms with Crippen LogP contribution in [0.25, 0.3) is 0 Å². The minimum atomic E-state index is -3.78. The molecule has 0 bridgehead atoms. The molecule has 0 saturated carbocycles. The van der Waals surface area contributed by atoms with Crippen molar-refractivity contribution in [1.29, 1.82) is 0 Å². The van der Waals surface area contributed by atoms with E-state index in [2.05, 4.69) is 5.32 Å². The van der Waals surface area contributed by atoms with Crippen LogP contribution in [0, 0.1) is 6.92 Å². The normalized spacial score (nSPS) is 11.2. The number of amides is 1. The van der Waals surface area contributed by atoms with Crippen molar-refractivity contribution in [3.8, 4) is 0 Å². The predicted molar refractivity (Wildman–Crippen MR) is 93.0 cm³/mol. The lowest BCUT2D eigenvalue weighted by Gasteiger charge is -2.04. The molecule has 0 radical (unpaired) electrons.